The van der Waals surface area contributed by atoms with E-state index in [2.05, 4.69) is 5.32 Å². The molecule has 0 saturated carbocycles. The second kappa shape index (κ2) is 7.03. The largest absolute Gasteiger partial charge is 0.312 e. The maximum absolute atomic E-state index is 13.1. The smallest absolute Gasteiger partial charge is 0.266 e. The number of amides is 1. The molecule has 1 N–H and O–H groups in total. The molecule has 26 heavy (non-hydrogen) atoms. The molecule has 2 aromatic carbocycles. The minimum atomic E-state index is -0.221. The average Bonchev–Trinajstić information content (AvgIpc) is 3.18. The molecule has 0 atom stereocenters. The van der Waals surface area contributed by atoms with Gasteiger partial charge in [0.05, 0.1) is 10.4 Å². The Bertz CT molecular complexity index is 1150. The molecule has 6 heteroatoms. The zero-order valence-electron chi connectivity index (χ0n) is 13.4. The number of halogens is 1. The van der Waals surface area contributed by atoms with E-state index in [1.165, 1.54) is 22.7 Å². The van der Waals surface area contributed by atoms with Gasteiger partial charge in [-0.25, -0.2) is 0 Å². The summed E-state index contributed by atoms with van der Waals surface area (Å²) in [6.07, 6.45) is 0. The van der Waals surface area contributed by atoms with Crippen molar-refractivity contribution in [1.29, 1.82) is 0 Å². The lowest BCUT2D eigenvalue weighted by molar-refractivity contribution is 0.103. The number of nitrogens with one attached hydrogen (secondary N) is 1. The van der Waals surface area contributed by atoms with Crippen LogP contribution in [0.4, 0.5) is 5.00 Å². The van der Waals surface area contributed by atoms with E-state index >= 15 is 0 Å². The van der Waals surface area contributed by atoms with Crippen molar-refractivity contribution in [2.75, 3.05) is 5.32 Å². The average molecular weight is 398 g/mol. The highest BCUT2D eigenvalue weighted by atomic mass is 35.5. The van der Waals surface area contributed by atoms with Gasteiger partial charge in [0.15, 0.2) is 5.43 Å². The second-order valence-corrected chi connectivity index (χ2v) is 8.01. The first-order chi connectivity index (χ1) is 12.6. The molecule has 4 aromatic rings. The SMILES string of the molecule is O=C(Nc1sc2ccccc2c(=O)c1-c1ccc(Cl)cc1)c1cccs1. The summed E-state index contributed by atoms with van der Waals surface area (Å²) in [6, 6.07) is 18.0. The van der Waals surface area contributed by atoms with Crippen LogP contribution >= 0.6 is 34.3 Å². The van der Waals surface area contributed by atoms with Crippen molar-refractivity contribution < 1.29 is 4.79 Å². The van der Waals surface area contributed by atoms with E-state index in [-0.39, 0.29) is 11.3 Å². The number of benzene rings is 2. The number of anilines is 1. The molecule has 0 unspecified atom stereocenters. The first-order valence-electron chi connectivity index (χ1n) is 7.80. The van der Waals surface area contributed by atoms with Crippen LogP contribution in [0.2, 0.25) is 5.02 Å². The van der Waals surface area contributed by atoms with Gasteiger partial charge >= 0.3 is 0 Å². The lowest BCUT2D eigenvalue weighted by Gasteiger charge is -2.11. The minimum Gasteiger partial charge on any atom is -0.312 e. The van der Waals surface area contributed by atoms with Crippen molar-refractivity contribution in [3.05, 3.63) is 86.2 Å². The molecule has 2 aromatic heterocycles. The Labute approximate surface area is 162 Å². The highest BCUT2D eigenvalue weighted by molar-refractivity contribution is 7.22. The normalized spacial score (nSPS) is 10.8. The molecule has 3 nitrogen and oxygen atoms in total. The Hall–Kier alpha value is -2.47. The summed E-state index contributed by atoms with van der Waals surface area (Å²) in [5, 5.41) is 6.53. The van der Waals surface area contributed by atoms with Crippen LogP contribution in [0.5, 0.6) is 0 Å². The van der Waals surface area contributed by atoms with Crippen LogP contribution in [0.1, 0.15) is 9.67 Å². The van der Waals surface area contributed by atoms with Gasteiger partial charge in [0.1, 0.15) is 5.00 Å². The number of fused-ring (bicyclic) bond motifs is 1. The maximum atomic E-state index is 13.1. The van der Waals surface area contributed by atoms with Crippen LogP contribution in [0, 0.1) is 0 Å². The number of rotatable bonds is 3. The van der Waals surface area contributed by atoms with Crippen LogP contribution in [0.15, 0.2) is 70.8 Å². The van der Waals surface area contributed by atoms with Crippen LogP contribution in [-0.4, -0.2) is 5.91 Å². The third-order valence-corrected chi connectivity index (χ3v) is 6.11. The van der Waals surface area contributed by atoms with Gasteiger partial charge in [-0.1, -0.05) is 41.9 Å². The van der Waals surface area contributed by atoms with Crippen LogP contribution in [0.3, 0.4) is 0 Å². The molecule has 0 saturated heterocycles. The fourth-order valence-corrected chi connectivity index (χ4v) is 4.52. The zero-order valence-corrected chi connectivity index (χ0v) is 15.8. The molecule has 0 spiro atoms. The van der Waals surface area contributed by atoms with Crippen molar-refractivity contribution in [2.45, 2.75) is 0 Å². The number of hydrogen-bond acceptors (Lipinski definition) is 4. The van der Waals surface area contributed by atoms with E-state index < -0.39 is 0 Å². The van der Waals surface area contributed by atoms with Gasteiger partial charge in [-0.3, -0.25) is 9.59 Å². The van der Waals surface area contributed by atoms with Crippen LogP contribution in [-0.2, 0) is 0 Å². The predicted octanol–water partition coefficient (Wildman–Crippen LogP) is 5.90. The van der Waals surface area contributed by atoms with E-state index in [1.807, 2.05) is 29.6 Å². The summed E-state index contributed by atoms with van der Waals surface area (Å²) in [7, 11) is 0. The van der Waals surface area contributed by atoms with Gasteiger partial charge in [0.25, 0.3) is 5.91 Å². The van der Waals surface area contributed by atoms with Crippen molar-refractivity contribution >= 4 is 55.3 Å². The molecule has 128 valence electrons. The van der Waals surface area contributed by atoms with Gasteiger partial charge in [-0.15, -0.1) is 22.7 Å². The van der Waals surface area contributed by atoms with Gasteiger partial charge in [0.2, 0.25) is 0 Å². The van der Waals surface area contributed by atoms with E-state index in [1.54, 1.807) is 36.4 Å². The first kappa shape index (κ1) is 17.0. The molecule has 0 aliphatic heterocycles. The number of hydrogen-bond donors (Lipinski definition) is 1. The van der Waals surface area contributed by atoms with Crippen molar-refractivity contribution in [3.8, 4) is 11.1 Å². The summed E-state index contributed by atoms with van der Waals surface area (Å²) in [4.78, 5) is 26.3. The summed E-state index contributed by atoms with van der Waals surface area (Å²) in [6.45, 7) is 0. The fourth-order valence-electron chi connectivity index (χ4n) is 2.68. The third-order valence-electron chi connectivity index (χ3n) is 3.90. The van der Waals surface area contributed by atoms with Crippen molar-refractivity contribution in [2.24, 2.45) is 0 Å². The molecule has 0 aliphatic carbocycles. The lowest BCUT2D eigenvalue weighted by Crippen LogP contribution is -2.14. The number of carbonyl (C=O) groups excluding carboxylic acids is 1. The molecule has 1 amide bonds. The minimum absolute atomic E-state index is 0.108. The Morgan fingerprint density at radius 1 is 0.962 bits per heavy atom. The molecule has 0 bridgehead atoms. The van der Waals surface area contributed by atoms with E-state index in [0.717, 1.165) is 10.3 Å². The molecule has 0 fully saturated rings. The predicted molar refractivity (Wildman–Crippen MR) is 111 cm³/mol. The lowest BCUT2D eigenvalue weighted by atomic mass is 10.1. The Morgan fingerprint density at radius 3 is 2.46 bits per heavy atom. The second-order valence-electron chi connectivity index (χ2n) is 5.57. The van der Waals surface area contributed by atoms with E-state index in [9.17, 15) is 9.59 Å². The summed E-state index contributed by atoms with van der Waals surface area (Å²) >= 11 is 8.73. The standard InChI is InChI=1S/C20H12ClNO2S2/c21-13-9-7-12(8-10-13)17-18(23)14-4-1-2-5-15(14)26-20(17)22-19(24)16-6-3-11-25-16/h1-11H,(H,22,24). The highest BCUT2D eigenvalue weighted by Crippen LogP contribution is 2.34. The highest BCUT2D eigenvalue weighted by Gasteiger charge is 2.17. The monoisotopic (exact) mass is 397 g/mol. The van der Waals surface area contributed by atoms with Gasteiger partial charge in [0, 0.05) is 15.1 Å². The van der Waals surface area contributed by atoms with Gasteiger partial charge < -0.3 is 5.32 Å². The Kier molecular flexibility index (Phi) is 4.59. The quantitative estimate of drug-likeness (QED) is 0.468. The first-order valence-corrected chi connectivity index (χ1v) is 9.87. The molecular formula is C20H12ClNO2S2. The van der Waals surface area contributed by atoms with Crippen LogP contribution in [0.25, 0.3) is 21.2 Å². The molecule has 4 rings (SSSR count). The Morgan fingerprint density at radius 2 is 1.73 bits per heavy atom. The van der Waals surface area contributed by atoms with E-state index in [0.29, 0.717) is 25.9 Å². The van der Waals surface area contributed by atoms with Crippen molar-refractivity contribution in [3.63, 3.8) is 0 Å². The molecule has 0 aliphatic rings. The van der Waals surface area contributed by atoms with Crippen LogP contribution < -0.4 is 10.7 Å². The third kappa shape index (κ3) is 3.17. The zero-order chi connectivity index (χ0) is 18.1. The molecule has 2 heterocycles. The van der Waals surface area contributed by atoms with Gasteiger partial charge in [-0.05, 0) is 41.3 Å². The molecular weight excluding hydrogens is 386 g/mol. The summed E-state index contributed by atoms with van der Waals surface area (Å²) in [5.74, 6) is -0.221. The Balaban J connectivity index is 1.92. The molecule has 0 radical (unpaired) electrons. The van der Waals surface area contributed by atoms with Gasteiger partial charge in [-0.2, -0.15) is 0 Å². The topological polar surface area (TPSA) is 46.2 Å². The number of carbonyl (C=O) groups is 1. The maximum Gasteiger partial charge on any atom is 0.266 e. The fraction of sp³-hybridized carbons (Fsp3) is 0. The van der Waals surface area contributed by atoms with E-state index in [4.69, 9.17) is 11.6 Å². The summed E-state index contributed by atoms with van der Waals surface area (Å²) in [5.41, 5.74) is 1.10. The van der Waals surface area contributed by atoms with Crippen molar-refractivity contribution in [1.82, 2.24) is 0 Å². The number of thiophene rings is 1. The summed E-state index contributed by atoms with van der Waals surface area (Å²) < 4.78 is 0.830.